The second-order valence-corrected chi connectivity index (χ2v) is 3.87. The van der Waals surface area contributed by atoms with E-state index in [0.717, 1.165) is 16.7 Å². The molecule has 0 radical (unpaired) electrons. The summed E-state index contributed by atoms with van der Waals surface area (Å²) in [4.78, 5) is 0. The number of hydrogen-bond donors (Lipinski definition) is 2. The molecule has 0 unspecified atom stereocenters. The fourth-order valence-electron chi connectivity index (χ4n) is 1.35. The number of phenols is 1. The molecule has 0 spiro atoms. The van der Waals surface area contributed by atoms with E-state index in [1.165, 1.54) is 0 Å². The van der Waals surface area contributed by atoms with Crippen LogP contribution in [-0.2, 0) is 0 Å². The van der Waals surface area contributed by atoms with Gasteiger partial charge in [-0.05, 0) is 19.1 Å². The van der Waals surface area contributed by atoms with Gasteiger partial charge in [-0.2, -0.15) is 0 Å². The van der Waals surface area contributed by atoms with Gasteiger partial charge in [0.15, 0.2) is 5.06 Å². The minimum absolute atomic E-state index is 0.175. The number of phenolic OH excluding ortho intramolecular Hbond substituents is 1. The SMILES string of the molecule is CCOc1ccc(O)c2sc(O)cc12. The normalized spacial score (nSPS) is 10.6. The summed E-state index contributed by atoms with van der Waals surface area (Å²) in [7, 11) is 0. The lowest BCUT2D eigenvalue weighted by Gasteiger charge is -2.04. The first-order valence-electron chi connectivity index (χ1n) is 4.29. The van der Waals surface area contributed by atoms with Gasteiger partial charge >= 0.3 is 0 Å². The summed E-state index contributed by atoms with van der Waals surface area (Å²) < 4.78 is 6.03. The summed E-state index contributed by atoms with van der Waals surface area (Å²) in [5.41, 5.74) is 0. The Labute approximate surface area is 85.2 Å². The van der Waals surface area contributed by atoms with Gasteiger partial charge in [0.1, 0.15) is 11.5 Å². The molecule has 0 amide bonds. The second-order valence-electron chi connectivity index (χ2n) is 2.84. The van der Waals surface area contributed by atoms with Crippen molar-refractivity contribution in [3.05, 3.63) is 18.2 Å². The maximum Gasteiger partial charge on any atom is 0.172 e. The summed E-state index contributed by atoms with van der Waals surface area (Å²) in [5, 5.41) is 19.8. The summed E-state index contributed by atoms with van der Waals surface area (Å²) in [6.45, 7) is 2.46. The second kappa shape index (κ2) is 3.38. The third kappa shape index (κ3) is 1.37. The van der Waals surface area contributed by atoms with Crippen molar-refractivity contribution in [3.8, 4) is 16.6 Å². The molecule has 4 heteroatoms. The van der Waals surface area contributed by atoms with E-state index in [2.05, 4.69) is 0 Å². The van der Waals surface area contributed by atoms with E-state index in [4.69, 9.17) is 4.74 Å². The molecule has 0 aliphatic heterocycles. The fourth-order valence-corrected chi connectivity index (χ4v) is 2.18. The van der Waals surface area contributed by atoms with Crippen LogP contribution in [0.25, 0.3) is 10.1 Å². The monoisotopic (exact) mass is 210 g/mol. The first-order valence-corrected chi connectivity index (χ1v) is 5.11. The predicted octanol–water partition coefficient (Wildman–Crippen LogP) is 2.71. The Morgan fingerprint density at radius 1 is 1.36 bits per heavy atom. The molecule has 0 atom stereocenters. The zero-order valence-electron chi connectivity index (χ0n) is 7.65. The smallest absolute Gasteiger partial charge is 0.172 e. The van der Waals surface area contributed by atoms with Gasteiger partial charge in [0, 0.05) is 11.5 Å². The van der Waals surface area contributed by atoms with Gasteiger partial charge in [0.2, 0.25) is 0 Å². The van der Waals surface area contributed by atoms with Crippen LogP contribution in [0.3, 0.4) is 0 Å². The summed E-state index contributed by atoms with van der Waals surface area (Å²) in [6, 6.07) is 4.88. The number of rotatable bonds is 2. The molecule has 1 heterocycles. The van der Waals surface area contributed by atoms with Gasteiger partial charge in [-0.25, -0.2) is 0 Å². The molecule has 2 rings (SSSR count). The highest BCUT2D eigenvalue weighted by atomic mass is 32.1. The van der Waals surface area contributed by atoms with Crippen molar-refractivity contribution in [1.82, 2.24) is 0 Å². The lowest BCUT2D eigenvalue weighted by atomic mass is 10.2. The highest BCUT2D eigenvalue weighted by molar-refractivity contribution is 7.21. The van der Waals surface area contributed by atoms with E-state index in [1.807, 2.05) is 6.92 Å². The van der Waals surface area contributed by atoms with Gasteiger partial charge in [-0.1, -0.05) is 11.3 Å². The molecule has 14 heavy (non-hydrogen) atoms. The van der Waals surface area contributed by atoms with Crippen LogP contribution in [0.2, 0.25) is 0 Å². The lowest BCUT2D eigenvalue weighted by Crippen LogP contribution is -1.90. The van der Waals surface area contributed by atoms with Crippen molar-refractivity contribution in [2.24, 2.45) is 0 Å². The van der Waals surface area contributed by atoms with Gasteiger partial charge < -0.3 is 14.9 Å². The molecule has 0 saturated carbocycles. The maximum absolute atomic E-state index is 9.52. The third-order valence-corrected chi connectivity index (χ3v) is 2.87. The first kappa shape index (κ1) is 9.15. The number of aromatic hydroxyl groups is 2. The van der Waals surface area contributed by atoms with Crippen LogP contribution in [-0.4, -0.2) is 16.8 Å². The fraction of sp³-hybridized carbons (Fsp3) is 0.200. The maximum atomic E-state index is 9.52. The van der Waals surface area contributed by atoms with Gasteiger partial charge in [0.25, 0.3) is 0 Å². The molecule has 0 aliphatic carbocycles. The summed E-state index contributed by atoms with van der Waals surface area (Å²) >= 11 is 1.14. The minimum Gasteiger partial charge on any atom is -0.506 e. The van der Waals surface area contributed by atoms with Crippen molar-refractivity contribution >= 4 is 21.4 Å². The molecule has 0 fully saturated rings. The Bertz CT molecular complexity index is 462. The highest BCUT2D eigenvalue weighted by Gasteiger charge is 2.10. The molecule has 74 valence electrons. The number of ether oxygens (including phenoxy) is 1. The van der Waals surface area contributed by atoms with Crippen LogP contribution in [0.15, 0.2) is 18.2 Å². The molecular formula is C10H10O3S. The van der Waals surface area contributed by atoms with Crippen molar-refractivity contribution in [2.75, 3.05) is 6.61 Å². The highest BCUT2D eigenvalue weighted by Crippen LogP contribution is 2.41. The lowest BCUT2D eigenvalue weighted by molar-refractivity contribution is 0.344. The van der Waals surface area contributed by atoms with E-state index >= 15 is 0 Å². The largest absolute Gasteiger partial charge is 0.506 e. The van der Waals surface area contributed by atoms with Crippen LogP contribution in [0.5, 0.6) is 16.6 Å². The van der Waals surface area contributed by atoms with Gasteiger partial charge in [0.05, 0.1) is 11.3 Å². The van der Waals surface area contributed by atoms with Crippen molar-refractivity contribution < 1.29 is 14.9 Å². The molecule has 2 aromatic rings. The Morgan fingerprint density at radius 2 is 2.14 bits per heavy atom. The average molecular weight is 210 g/mol. The quantitative estimate of drug-likeness (QED) is 0.801. The number of hydrogen-bond acceptors (Lipinski definition) is 4. The van der Waals surface area contributed by atoms with Crippen LogP contribution in [0.1, 0.15) is 6.92 Å². The van der Waals surface area contributed by atoms with Gasteiger partial charge in [-0.15, -0.1) is 0 Å². The summed E-state index contributed by atoms with van der Waals surface area (Å²) in [5.74, 6) is 0.866. The number of fused-ring (bicyclic) bond motifs is 1. The topological polar surface area (TPSA) is 49.7 Å². The van der Waals surface area contributed by atoms with Crippen molar-refractivity contribution in [2.45, 2.75) is 6.92 Å². The standard InChI is InChI=1S/C10H10O3S/c1-2-13-8-4-3-7(11)10-6(8)5-9(12)14-10/h3-5,11-12H,2H2,1H3. The molecule has 0 saturated heterocycles. The predicted molar refractivity (Wildman–Crippen MR) is 56.3 cm³/mol. The summed E-state index contributed by atoms with van der Waals surface area (Å²) in [6.07, 6.45) is 0. The Hall–Kier alpha value is -1.42. The van der Waals surface area contributed by atoms with Crippen LogP contribution in [0.4, 0.5) is 0 Å². The molecule has 0 aliphatic rings. The molecule has 2 N–H and O–H groups in total. The zero-order valence-corrected chi connectivity index (χ0v) is 8.47. The molecule has 1 aromatic carbocycles. The Kier molecular flexibility index (Phi) is 2.21. The molecule has 1 aromatic heterocycles. The van der Waals surface area contributed by atoms with E-state index in [1.54, 1.807) is 18.2 Å². The number of benzene rings is 1. The Balaban J connectivity index is 2.68. The zero-order chi connectivity index (χ0) is 10.1. The third-order valence-electron chi connectivity index (χ3n) is 1.91. The first-order chi connectivity index (χ1) is 6.72. The van der Waals surface area contributed by atoms with Gasteiger partial charge in [-0.3, -0.25) is 0 Å². The molecule has 3 nitrogen and oxygen atoms in total. The van der Waals surface area contributed by atoms with Crippen LogP contribution in [0, 0.1) is 0 Å². The van der Waals surface area contributed by atoms with E-state index in [-0.39, 0.29) is 10.8 Å². The van der Waals surface area contributed by atoms with E-state index in [9.17, 15) is 10.2 Å². The Morgan fingerprint density at radius 3 is 2.86 bits per heavy atom. The average Bonchev–Trinajstić information content (AvgIpc) is 2.53. The van der Waals surface area contributed by atoms with Crippen molar-refractivity contribution in [3.63, 3.8) is 0 Å². The molecule has 0 bridgehead atoms. The van der Waals surface area contributed by atoms with Crippen molar-refractivity contribution in [1.29, 1.82) is 0 Å². The number of thiophene rings is 1. The van der Waals surface area contributed by atoms with E-state index < -0.39 is 0 Å². The minimum atomic E-state index is 0.175. The van der Waals surface area contributed by atoms with E-state index in [0.29, 0.717) is 17.1 Å². The molecular weight excluding hydrogens is 200 g/mol. The van der Waals surface area contributed by atoms with Crippen LogP contribution < -0.4 is 4.74 Å². The van der Waals surface area contributed by atoms with Crippen LogP contribution >= 0.6 is 11.3 Å².